The predicted octanol–water partition coefficient (Wildman–Crippen LogP) is 3.94. The van der Waals surface area contributed by atoms with E-state index >= 15 is 0 Å². The van der Waals surface area contributed by atoms with E-state index in [0.29, 0.717) is 11.6 Å². The van der Waals surface area contributed by atoms with Crippen molar-refractivity contribution in [2.45, 2.75) is 37.3 Å². The normalized spacial score (nSPS) is 21.8. The van der Waals surface area contributed by atoms with Gasteiger partial charge in [-0.2, -0.15) is 0 Å². The highest BCUT2D eigenvalue weighted by atomic mass is 35.5. The van der Waals surface area contributed by atoms with Gasteiger partial charge in [-0.1, -0.05) is 35.9 Å². The molecule has 1 N–H and O–H groups in total. The third-order valence-electron chi connectivity index (χ3n) is 6.02. The second kappa shape index (κ2) is 6.84. The Morgan fingerprint density at radius 2 is 2.00 bits per heavy atom. The van der Waals surface area contributed by atoms with E-state index in [4.69, 9.17) is 16.3 Å². The summed E-state index contributed by atoms with van der Waals surface area (Å²) in [5.41, 5.74) is 3.30. The first-order chi connectivity index (χ1) is 12.5. The zero-order chi connectivity index (χ0) is 18.3. The van der Waals surface area contributed by atoms with Crippen molar-refractivity contribution in [2.24, 2.45) is 0 Å². The number of aliphatic hydroxyl groups excluding tert-OH is 1. The molecule has 138 valence electrons. The van der Waals surface area contributed by atoms with Crippen molar-refractivity contribution in [1.82, 2.24) is 4.90 Å². The van der Waals surface area contributed by atoms with Gasteiger partial charge in [0.2, 0.25) is 0 Å². The van der Waals surface area contributed by atoms with Crippen LogP contribution in [0.1, 0.15) is 29.5 Å². The minimum absolute atomic E-state index is 0.0960. The van der Waals surface area contributed by atoms with Crippen LogP contribution in [0, 0.1) is 5.82 Å². The largest absolute Gasteiger partial charge is 0.492 e. The van der Waals surface area contributed by atoms with Gasteiger partial charge in [0.25, 0.3) is 0 Å². The van der Waals surface area contributed by atoms with Gasteiger partial charge in [-0.05, 0) is 61.2 Å². The minimum Gasteiger partial charge on any atom is -0.492 e. The number of halogens is 2. The van der Waals surface area contributed by atoms with Gasteiger partial charge >= 0.3 is 0 Å². The molecule has 0 unspecified atom stereocenters. The number of nitrogens with zero attached hydrogens (tertiary/aromatic N) is 1. The van der Waals surface area contributed by atoms with Crippen LogP contribution in [0.15, 0.2) is 36.4 Å². The Labute approximate surface area is 158 Å². The molecule has 0 amide bonds. The van der Waals surface area contributed by atoms with E-state index in [1.54, 1.807) is 6.07 Å². The molecular weight excluding hydrogens is 353 g/mol. The lowest BCUT2D eigenvalue weighted by Gasteiger charge is -2.42. The molecule has 1 saturated heterocycles. The lowest BCUT2D eigenvalue weighted by Crippen LogP contribution is -2.47. The minimum atomic E-state index is -0.427. The molecule has 0 saturated carbocycles. The maximum atomic E-state index is 14.1. The van der Waals surface area contributed by atoms with Crippen molar-refractivity contribution < 1.29 is 14.2 Å². The summed E-state index contributed by atoms with van der Waals surface area (Å²) in [4.78, 5) is 2.30. The van der Waals surface area contributed by atoms with Crippen LogP contribution >= 0.6 is 11.6 Å². The fraction of sp³-hybridized carbons (Fsp3) is 0.429. The summed E-state index contributed by atoms with van der Waals surface area (Å²) in [6.07, 6.45) is 2.26. The number of hydrogen-bond acceptors (Lipinski definition) is 3. The van der Waals surface area contributed by atoms with Crippen LogP contribution in [0.3, 0.4) is 0 Å². The molecule has 0 bridgehead atoms. The molecular formula is C21H23ClFNO2. The van der Waals surface area contributed by atoms with Crippen molar-refractivity contribution in [2.75, 3.05) is 20.2 Å². The average molecular weight is 376 g/mol. The summed E-state index contributed by atoms with van der Waals surface area (Å²) in [5.74, 6) is -0.331. The van der Waals surface area contributed by atoms with Crippen molar-refractivity contribution in [3.05, 3.63) is 63.9 Å². The molecule has 2 aromatic carbocycles. The summed E-state index contributed by atoms with van der Waals surface area (Å²) in [5, 5.41) is 11.0. The van der Waals surface area contributed by atoms with E-state index in [9.17, 15) is 9.50 Å². The summed E-state index contributed by atoms with van der Waals surface area (Å²) in [7, 11) is 1.42. The zero-order valence-corrected chi connectivity index (χ0v) is 15.6. The molecule has 2 aliphatic rings. The third kappa shape index (κ3) is 2.90. The van der Waals surface area contributed by atoms with Crippen LogP contribution in [0.2, 0.25) is 5.02 Å². The molecule has 5 heteroatoms. The van der Waals surface area contributed by atoms with Crippen molar-refractivity contribution >= 4 is 11.6 Å². The molecule has 4 rings (SSSR count). The first kappa shape index (κ1) is 17.8. The van der Waals surface area contributed by atoms with Crippen LogP contribution in [-0.4, -0.2) is 36.3 Å². The lowest BCUT2D eigenvalue weighted by molar-refractivity contribution is 0.0413. The number of piperidine rings is 1. The Morgan fingerprint density at radius 1 is 1.27 bits per heavy atom. The Balaban J connectivity index is 1.48. The van der Waals surface area contributed by atoms with E-state index in [1.165, 1.54) is 24.3 Å². The Bertz CT molecular complexity index is 794. The SMILES string of the molecule is COc1c(F)cc(CN2CCC3(CC2)c2ccccc2C[C@@H]3O)cc1Cl. The van der Waals surface area contributed by atoms with E-state index < -0.39 is 5.82 Å². The van der Waals surface area contributed by atoms with Crippen LogP contribution in [0.5, 0.6) is 5.75 Å². The smallest absolute Gasteiger partial charge is 0.173 e. The zero-order valence-electron chi connectivity index (χ0n) is 14.8. The predicted molar refractivity (Wildman–Crippen MR) is 100 cm³/mol. The van der Waals surface area contributed by atoms with E-state index in [-0.39, 0.29) is 17.3 Å². The molecule has 26 heavy (non-hydrogen) atoms. The summed E-state index contributed by atoms with van der Waals surface area (Å²) < 4.78 is 19.0. The first-order valence-corrected chi connectivity index (χ1v) is 9.42. The van der Waals surface area contributed by atoms with Crippen LogP contribution < -0.4 is 4.74 Å². The average Bonchev–Trinajstić information content (AvgIpc) is 2.89. The number of aliphatic hydroxyl groups is 1. The summed E-state index contributed by atoms with van der Waals surface area (Å²) in [6.45, 7) is 2.39. The summed E-state index contributed by atoms with van der Waals surface area (Å²) in [6, 6.07) is 11.7. The number of hydrogen-bond donors (Lipinski definition) is 1. The van der Waals surface area contributed by atoms with Gasteiger partial charge in [0.05, 0.1) is 18.2 Å². The fourth-order valence-corrected chi connectivity index (χ4v) is 4.94. The van der Waals surface area contributed by atoms with E-state index in [2.05, 4.69) is 23.1 Å². The number of fused-ring (bicyclic) bond motifs is 2. The highest BCUT2D eigenvalue weighted by Crippen LogP contribution is 2.46. The van der Waals surface area contributed by atoms with Gasteiger partial charge in [-0.25, -0.2) is 4.39 Å². The highest BCUT2D eigenvalue weighted by molar-refractivity contribution is 6.32. The monoisotopic (exact) mass is 375 g/mol. The van der Waals surface area contributed by atoms with Gasteiger partial charge in [-0.15, -0.1) is 0 Å². The first-order valence-electron chi connectivity index (χ1n) is 9.04. The molecule has 1 aliphatic carbocycles. The van der Waals surface area contributed by atoms with Crippen molar-refractivity contribution in [3.63, 3.8) is 0 Å². The van der Waals surface area contributed by atoms with Crippen LogP contribution in [-0.2, 0) is 18.4 Å². The molecule has 1 aliphatic heterocycles. The quantitative estimate of drug-likeness (QED) is 0.882. The van der Waals surface area contributed by atoms with Crippen molar-refractivity contribution in [1.29, 1.82) is 0 Å². The van der Waals surface area contributed by atoms with Gasteiger partial charge in [0, 0.05) is 12.0 Å². The molecule has 1 fully saturated rings. The number of benzene rings is 2. The number of rotatable bonds is 3. The maximum absolute atomic E-state index is 14.1. The highest BCUT2D eigenvalue weighted by Gasteiger charge is 2.47. The number of likely N-dealkylation sites (tertiary alicyclic amines) is 1. The second-order valence-corrected chi connectivity index (χ2v) is 7.81. The molecule has 1 heterocycles. The molecule has 0 aromatic heterocycles. The lowest BCUT2D eigenvalue weighted by atomic mass is 9.72. The van der Waals surface area contributed by atoms with E-state index in [1.807, 2.05) is 6.07 Å². The molecule has 2 aromatic rings. The van der Waals surface area contributed by atoms with Crippen LogP contribution in [0.4, 0.5) is 4.39 Å². The van der Waals surface area contributed by atoms with Gasteiger partial charge in [0.1, 0.15) is 0 Å². The fourth-order valence-electron chi connectivity index (χ4n) is 4.64. The van der Waals surface area contributed by atoms with E-state index in [0.717, 1.165) is 37.9 Å². The molecule has 0 radical (unpaired) electrons. The maximum Gasteiger partial charge on any atom is 0.173 e. The standard InChI is InChI=1S/C21H23ClFNO2/c1-26-20-17(22)10-14(11-18(20)23)13-24-8-6-21(7-9-24)16-5-3-2-4-15(16)12-19(21)25/h2-5,10-11,19,25H,6-9,12-13H2,1H3/t19-/m0/s1. The number of methoxy groups -OCH3 is 1. The second-order valence-electron chi connectivity index (χ2n) is 7.40. The van der Waals surface area contributed by atoms with Gasteiger partial charge < -0.3 is 9.84 Å². The van der Waals surface area contributed by atoms with Gasteiger partial charge in [0.15, 0.2) is 11.6 Å². The third-order valence-corrected chi connectivity index (χ3v) is 6.30. The summed E-state index contributed by atoms with van der Waals surface area (Å²) >= 11 is 6.11. The Kier molecular flexibility index (Phi) is 4.68. The van der Waals surface area contributed by atoms with Gasteiger partial charge in [-0.3, -0.25) is 4.90 Å². The molecule has 1 atom stereocenters. The topological polar surface area (TPSA) is 32.7 Å². The molecule has 3 nitrogen and oxygen atoms in total. The number of ether oxygens (including phenoxy) is 1. The Hall–Kier alpha value is -1.62. The van der Waals surface area contributed by atoms with Crippen LogP contribution in [0.25, 0.3) is 0 Å². The molecule has 1 spiro atoms. The van der Waals surface area contributed by atoms with Crippen molar-refractivity contribution in [3.8, 4) is 5.75 Å². The Morgan fingerprint density at radius 3 is 2.69 bits per heavy atom.